The van der Waals surface area contributed by atoms with Gasteiger partial charge >= 0.3 is 0 Å². The average molecular weight is 423 g/mol. The van der Waals surface area contributed by atoms with Crippen LogP contribution in [0.4, 0.5) is 0 Å². The van der Waals surface area contributed by atoms with Gasteiger partial charge in [0.1, 0.15) is 0 Å². The molecular weight excluding hydrogens is 380 g/mol. The number of rotatable bonds is 8. The van der Waals surface area contributed by atoms with Crippen LogP contribution in [0.3, 0.4) is 0 Å². The van der Waals surface area contributed by atoms with Crippen molar-refractivity contribution in [3.05, 3.63) is 0 Å². The van der Waals surface area contributed by atoms with Crippen molar-refractivity contribution in [1.29, 1.82) is 5.26 Å². The van der Waals surface area contributed by atoms with Crippen LogP contribution in [-0.4, -0.2) is 56.5 Å². The van der Waals surface area contributed by atoms with Gasteiger partial charge in [0.2, 0.25) is 5.91 Å². The largest absolute Gasteiger partial charge is 0.376 e. The van der Waals surface area contributed by atoms with Crippen LogP contribution in [0.1, 0.15) is 59.3 Å². The van der Waals surface area contributed by atoms with Crippen LogP contribution >= 0.6 is 0 Å². The molecule has 0 radical (unpaired) electrons. The second-order valence-electron chi connectivity index (χ2n) is 9.35. The van der Waals surface area contributed by atoms with Gasteiger partial charge in [-0.05, 0) is 57.0 Å². The first-order chi connectivity index (χ1) is 14.3. The molecule has 0 aromatic carbocycles. The molecule has 8 heteroatoms. The first-order valence-corrected chi connectivity index (χ1v) is 11.6. The Hall–Kier alpha value is -1.24. The third-order valence-electron chi connectivity index (χ3n) is 7.05. The zero-order chi connectivity index (χ0) is 22.1. The quantitative estimate of drug-likeness (QED) is 0.365. The zero-order valence-electron chi connectivity index (χ0n) is 19.0. The number of nitriles is 1. The first-order valence-electron chi connectivity index (χ1n) is 11.6. The van der Waals surface area contributed by atoms with E-state index in [9.17, 15) is 10.1 Å². The van der Waals surface area contributed by atoms with Crippen molar-refractivity contribution in [3.63, 3.8) is 0 Å². The molecule has 2 aliphatic heterocycles. The predicted molar refractivity (Wildman–Crippen MR) is 118 cm³/mol. The van der Waals surface area contributed by atoms with Crippen molar-refractivity contribution in [2.75, 3.05) is 26.2 Å². The highest BCUT2D eigenvalue weighted by molar-refractivity contribution is 5.80. The SMILES string of the molecule is CCOC1CCNCC1NC(=O)C(C(N)N)C1C[C@](C)(CC)CCC(CC#N)CN1. The van der Waals surface area contributed by atoms with E-state index in [1.165, 1.54) is 0 Å². The van der Waals surface area contributed by atoms with Crippen molar-refractivity contribution < 1.29 is 9.53 Å². The molecule has 5 unspecified atom stereocenters. The van der Waals surface area contributed by atoms with Crippen molar-refractivity contribution in [3.8, 4) is 6.07 Å². The molecule has 30 heavy (non-hydrogen) atoms. The Morgan fingerprint density at radius 3 is 2.73 bits per heavy atom. The van der Waals surface area contributed by atoms with Crippen LogP contribution in [0.25, 0.3) is 0 Å². The van der Waals surface area contributed by atoms with E-state index in [2.05, 4.69) is 35.9 Å². The lowest BCUT2D eigenvalue weighted by molar-refractivity contribution is -0.129. The van der Waals surface area contributed by atoms with E-state index in [-0.39, 0.29) is 35.4 Å². The van der Waals surface area contributed by atoms with Crippen LogP contribution in [0.15, 0.2) is 0 Å². The van der Waals surface area contributed by atoms with Gasteiger partial charge in [-0.3, -0.25) is 4.79 Å². The molecule has 172 valence electrons. The number of ether oxygens (including phenoxy) is 1. The third-order valence-corrected chi connectivity index (χ3v) is 7.05. The molecule has 7 N–H and O–H groups in total. The Balaban J connectivity index is 2.16. The van der Waals surface area contributed by atoms with Crippen LogP contribution in [0.2, 0.25) is 0 Å². The standard InChI is InChI=1S/C22H42N6O2/c1-4-22(3)9-6-15(7-10-23)13-27-16(12-22)19(20(24)25)21(29)28-17-14-26-11-8-18(17)30-5-2/h15-20,26-27H,4-9,11-14,24-25H2,1-3H3,(H,28,29)/t15?,16?,17?,18?,19?,22-/m1/s1. The number of nitrogens with one attached hydrogen (secondary N) is 3. The highest BCUT2D eigenvalue weighted by Gasteiger charge is 2.40. The number of amides is 1. The second-order valence-corrected chi connectivity index (χ2v) is 9.35. The fraction of sp³-hybridized carbons (Fsp3) is 0.909. The highest BCUT2D eigenvalue weighted by Crippen LogP contribution is 2.38. The van der Waals surface area contributed by atoms with Gasteiger partial charge in [-0.15, -0.1) is 0 Å². The number of hydrogen-bond donors (Lipinski definition) is 5. The van der Waals surface area contributed by atoms with Gasteiger partial charge in [-0.1, -0.05) is 20.3 Å². The van der Waals surface area contributed by atoms with E-state index in [0.29, 0.717) is 26.1 Å². The number of nitrogens with two attached hydrogens (primary N) is 2. The topological polar surface area (TPSA) is 138 Å². The smallest absolute Gasteiger partial charge is 0.227 e. The summed E-state index contributed by atoms with van der Waals surface area (Å²) in [6.45, 7) is 9.33. The van der Waals surface area contributed by atoms with Gasteiger partial charge in [0.05, 0.1) is 30.3 Å². The molecule has 0 aliphatic carbocycles. The lowest BCUT2D eigenvalue weighted by atomic mass is 9.71. The Kier molecular flexibility index (Phi) is 9.98. The number of nitrogens with zero attached hydrogens (tertiary/aromatic N) is 1. The predicted octanol–water partition coefficient (Wildman–Crippen LogP) is 0.818. The Bertz CT molecular complexity index is 578. The van der Waals surface area contributed by atoms with E-state index in [4.69, 9.17) is 16.2 Å². The van der Waals surface area contributed by atoms with Crippen molar-refractivity contribution in [2.45, 2.75) is 83.6 Å². The minimum atomic E-state index is -0.764. The van der Waals surface area contributed by atoms with E-state index >= 15 is 0 Å². The molecule has 0 aromatic rings. The molecule has 2 aliphatic rings. The van der Waals surface area contributed by atoms with Gasteiger partial charge < -0.3 is 32.2 Å². The molecule has 1 amide bonds. The summed E-state index contributed by atoms with van der Waals surface area (Å²) in [5.74, 6) is -0.371. The van der Waals surface area contributed by atoms with E-state index in [1.54, 1.807) is 0 Å². The molecule has 0 saturated carbocycles. The zero-order valence-corrected chi connectivity index (χ0v) is 19.0. The second kappa shape index (κ2) is 12.0. The molecule has 8 nitrogen and oxygen atoms in total. The van der Waals surface area contributed by atoms with Crippen molar-refractivity contribution in [1.82, 2.24) is 16.0 Å². The molecule has 2 fully saturated rings. The van der Waals surface area contributed by atoms with E-state index < -0.39 is 12.1 Å². The lowest BCUT2D eigenvalue weighted by Gasteiger charge is -2.41. The Labute approximate surface area is 181 Å². The molecule has 0 spiro atoms. The summed E-state index contributed by atoms with van der Waals surface area (Å²) in [6.07, 6.45) is 4.54. The maximum atomic E-state index is 13.4. The van der Waals surface area contributed by atoms with Gasteiger partial charge in [0, 0.05) is 25.6 Å². The van der Waals surface area contributed by atoms with Crippen molar-refractivity contribution in [2.24, 2.45) is 28.7 Å². The van der Waals surface area contributed by atoms with Crippen LogP contribution < -0.4 is 27.4 Å². The number of carbonyl (C=O) groups excluding carboxylic acids is 1. The number of hydrogen-bond acceptors (Lipinski definition) is 7. The summed E-state index contributed by atoms with van der Waals surface area (Å²) in [7, 11) is 0. The first kappa shape index (κ1) is 25.0. The minimum Gasteiger partial charge on any atom is -0.376 e. The Morgan fingerprint density at radius 1 is 1.33 bits per heavy atom. The minimum absolute atomic E-state index is 0.000980. The van der Waals surface area contributed by atoms with Gasteiger partial charge in [0.25, 0.3) is 0 Å². The molecule has 6 atom stereocenters. The monoisotopic (exact) mass is 422 g/mol. The highest BCUT2D eigenvalue weighted by atomic mass is 16.5. The maximum Gasteiger partial charge on any atom is 0.227 e. The Morgan fingerprint density at radius 2 is 2.10 bits per heavy atom. The molecule has 2 rings (SSSR count). The molecular formula is C22H42N6O2. The third kappa shape index (κ3) is 6.89. The van der Waals surface area contributed by atoms with Gasteiger partial charge in [-0.2, -0.15) is 5.26 Å². The summed E-state index contributed by atoms with van der Waals surface area (Å²) in [6, 6.07) is 2.08. The summed E-state index contributed by atoms with van der Waals surface area (Å²) in [5, 5.41) is 19.2. The fourth-order valence-corrected chi connectivity index (χ4v) is 4.85. The summed E-state index contributed by atoms with van der Waals surface area (Å²) in [5.41, 5.74) is 12.4. The molecule has 2 saturated heterocycles. The summed E-state index contributed by atoms with van der Waals surface area (Å²) in [4.78, 5) is 13.4. The number of carbonyl (C=O) groups is 1. The maximum absolute atomic E-state index is 13.4. The van der Waals surface area contributed by atoms with E-state index in [1.807, 2.05) is 6.92 Å². The van der Waals surface area contributed by atoms with Gasteiger partial charge in [-0.25, -0.2) is 0 Å². The number of piperidine rings is 1. The van der Waals surface area contributed by atoms with Crippen LogP contribution in [0, 0.1) is 28.6 Å². The van der Waals surface area contributed by atoms with Crippen LogP contribution in [0.5, 0.6) is 0 Å². The van der Waals surface area contributed by atoms with Crippen LogP contribution in [-0.2, 0) is 9.53 Å². The molecule has 0 bridgehead atoms. The summed E-state index contributed by atoms with van der Waals surface area (Å²) < 4.78 is 5.85. The lowest BCUT2D eigenvalue weighted by Crippen LogP contribution is -2.62. The molecule has 0 aromatic heterocycles. The van der Waals surface area contributed by atoms with Gasteiger partial charge in [0.15, 0.2) is 0 Å². The average Bonchev–Trinajstić information content (AvgIpc) is 2.70. The summed E-state index contributed by atoms with van der Waals surface area (Å²) >= 11 is 0. The normalized spacial score (nSPS) is 33.9. The van der Waals surface area contributed by atoms with Crippen molar-refractivity contribution >= 4 is 5.91 Å². The fourth-order valence-electron chi connectivity index (χ4n) is 4.85. The molecule has 2 heterocycles. The van der Waals surface area contributed by atoms with E-state index in [0.717, 1.165) is 38.6 Å².